The first-order valence-electron chi connectivity index (χ1n) is 10.9. The third kappa shape index (κ3) is 3.21. The molecule has 0 spiro atoms. The topological polar surface area (TPSA) is 12.9 Å². The lowest BCUT2D eigenvalue weighted by Crippen LogP contribution is -2.20. The Morgan fingerprint density at radius 2 is 1.62 bits per heavy atom. The maximum absolute atomic E-state index is 5.11. The number of fused-ring (bicyclic) bond motifs is 2. The van der Waals surface area contributed by atoms with Crippen LogP contribution in [0.1, 0.15) is 73.4 Å². The molecule has 2 fully saturated rings. The fourth-order valence-electron chi connectivity index (χ4n) is 6.25. The summed E-state index contributed by atoms with van der Waals surface area (Å²) in [4.78, 5) is 5.11. The molecule has 0 aliphatic heterocycles. The predicted octanol–water partition coefficient (Wildman–Crippen LogP) is 6.11. The number of hydrogen-bond acceptors (Lipinski definition) is 1. The Morgan fingerprint density at radius 1 is 0.769 bits per heavy atom. The molecule has 1 aromatic heterocycles. The van der Waals surface area contributed by atoms with E-state index in [1.807, 2.05) is 0 Å². The Morgan fingerprint density at radius 3 is 2.58 bits per heavy atom. The van der Waals surface area contributed by atoms with Gasteiger partial charge in [-0.05, 0) is 91.9 Å². The van der Waals surface area contributed by atoms with Gasteiger partial charge in [-0.1, -0.05) is 49.6 Å². The van der Waals surface area contributed by atoms with E-state index in [0.717, 1.165) is 24.2 Å². The highest BCUT2D eigenvalue weighted by Crippen LogP contribution is 2.46. The summed E-state index contributed by atoms with van der Waals surface area (Å²) in [5, 5.41) is 0. The second-order valence-electron chi connectivity index (χ2n) is 9.01. The normalized spacial score (nSPS) is 30.2. The highest BCUT2D eigenvalue weighted by Gasteiger charge is 2.37. The van der Waals surface area contributed by atoms with E-state index in [0.29, 0.717) is 5.92 Å². The molecule has 26 heavy (non-hydrogen) atoms. The molecule has 2 saturated carbocycles. The van der Waals surface area contributed by atoms with Gasteiger partial charge in [0.1, 0.15) is 0 Å². The molecule has 0 bridgehead atoms. The van der Waals surface area contributed by atoms with Crippen LogP contribution in [0.3, 0.4) is 0 Å². The largest absolute Gasteiger partial charge is 0.258 e. The summed E-state index contributed by atoms with van der Waals surface area (Å²) in [6, 6.07) is 15.8. The third-order valence-electron chi connectivity index (χ3n) is 7.53. The van der Waals surface area contributed by atoms with Crippen LogP contribution in [0.5, 0.6) is 0 Å². The molecular formula is C25H31N. The quantitative estimate of drug-likeness (QED) is 0.651. The minimum atomic E-state index is 0.670. The Bertz CT molecular complexity index is 764. The van der Waals surface area contributed by atoms with E-state index in [-0.39, 0.29) is 0 Å². The molecule has 4 atom stereocenters. The van der Waals surface area contributed by atoms with Crippen LogP contribution < -0.4 is 0 Å². The molecule has 1 heteroatoms. The van der Waals surface area contributed by atoms with E-state index in [4.69, 9.17) is 4.98 Å². The molecule has 1 nitrogen and oxygen atoms in total. The van der Waals surface area contributed by atoms with Crippen molar-refractivity contribution in [3.05, 3.63) is 65.0 Å². The van der Waals surface area contributed by atoms with E-state index >= 15 is 0 Å². The molecule has 0 radical (unpaired) electrons. The Labute approximate surface area is 158 Å². The van der Waals surface area contributed by atoms with Crippen molar-refractivity contribution in [2.75, 3.05) is 0 Å². The zero-order valence-electron chi connectivity index (χ0n) is 15.9. The molecule has 3 aliphatic carbocycles. The van der Waals surface area contributed by atoms with Gasteiger partial charge in [0.15, 0.2) is 0 Å². The maximum atomic E-state index is 5.11. The minimum Gasteiger partial charge on any atom is -0.258 e. The monoisotopic (exact) mass is 345 g/mol. The van der Waals surface area contributed by atoms with Crippen molar-refractivity contribution in [2.45, 2.75) is 70.1 Å². The van der Waals surface area contributed by atoms with Gasteiger partial charge < -0.3 is 0 Å². The second-order valence-corrected chi connectivity index (χ2v) is 9.01. The summed E-state index contributed by atoms with van der Waals surface area (Å²) in [7, 11) is 0. The van der Waals surface area contributed by atoms with Crippen LogP contribution in [0.2, 0.25) is 0 Å². The Hall–Kier alpha value is -1.63. The zero-order chi connectivity index (χ0) is 17.3. The van der Waals surface area contributed by atoms with Crippen LogP contribution in [0.4, 0.5) is 0 Å². The highest BCUT2D eigenvalue weighted by molar-refractivity contribution is 5.35. The van der Waals surface area contributed by atoms with Crippen LogP contribution in [-0.4, -0.2) is 4.98 Å². The fourth-order valence-corrected chi connectivity index (χ4v) is 6.25. The first-order chi connectivity index (χ1) is 12.9. The average Bonchev–Trinajstić information content (AvgIpc) is 3.27. The summed E-state index contributed by atoms with van der Waals surface area (Å²) < 4.78 is 0. The van der Waals surface area contributed by atoms with Gasteiger partial charge in [-0.3, -0.25) is 4.98 Å². The van der Waals surface area contributed by atoms with Gasteiger partial charge >= 0.3 is 0 Å². The lowest BCUT2D eigenvalue weighted by Gasteiger charge is -2.29. The van der Waals surface area contributed by atoms with Crippen LogP contribution in [-0.2, 0) is 19.3 Å². The second kappa shape index (κ2) is 7.18. The molecule has 0 N–H and O–H groups in total. The Balaban J connectivity index is 1.28. The maximum Gasteiger partial charge on any atom is 0.0413 e. The number of benzene rings is 1. The molecule has 3 aliphatic rings. The third-order valence-corrected chi connectivity index (χ3v) is 7.53. The number of hydrogen-bond donors (Lipinski definition) is 0. The van der Waals surface area contributed by atoms with Gasteiger partial charge in [-0.15, -0.1) is 0 Å². The van der Waals surface area contributed by atoms with Crippen molar-refractivity contribution in [1.82, 2.24) is 4.98 Å². The molecule has 4 unspecified atom stereocenters. The molecule has 1 aromatic carbocycles. The van der Waals surface area contributed by atoms with Gasteiger partial charge in [-0.2, -0.15) is 0 Å². The zero-order valence-corrected chi connectivity index (χ0v) is 15.9. The summed E-state index contributed by atoms with van der Waals surface area (Å²) >= 11 is 0. The smallest absolute Gasteiger partial charge is 0.0413 e. The van der Waals surface area contributed by atoms with Crippen molar-refractivity contribution in [3.8, 4) is 0 Å². The van der Waals surface area contributed by atoms with Gasteiger partial charge in [0.05, 0.1) is 0 Å². The van der Waals surface area contributed by atoms with Gasteiger partial charge in [0.25, 0.3) is 0 Å². The van der Waals surface area contributed by atoms with E-state index in [1.54, 1.807) is 11.1 Å². The molecule has 136 valence electrons. The van der Waals surface area contributed by atoms with E-state index in [2.05, 4.69) is 42.5 Å². The minimum absolute atomic E-state index is 0.670. The lowest BCUT2D eigenvalue weighted by molar-refractivity contribution is 0.226. The van der Waals surface area contributed by atoms with Crippen LogP contribution >= 0.6 is 0 Å². The van der Waals surface area contributed by atoms with Crippen molar-refractivity contribution in [2.24, 2.45) is 17.8 Å². The van der Waals surface area contributed by atoms with Crippen LogP contribution in [0.25, 0.3) is 0 Å². The molecule has 1 heterocycles. The molecular weight excluding hydrogens is 314 g/mol. The lowest BCUT2D eigenvalue weighted by atomic mass is 9.77. The predicted molar refractivity (Wildman–Crippen MR) is 107 cm³/mol. The van der Waals surface area contributed by atoms with Gasteiger partial charge in [0, 0.05) is 11.4 Å². The molecule has 0 saturated heterocycles. The summed E-state index contributed by atoms with van der Waals surface area (Å²) in [5.41, 5.74) is 5.79. The molecule has 0 amide bonds. The van der Waals surface area contributed by atoms with Gasteiger partial charge in [-0.25, -0.2) is 0 Å². The van der Waals surface area contributed by atoms with Gasteiger partial charge in [0.2, 0.25) is 0 Å². The summed E-state index contributed by atoms with van der Waals surface area (Å²) in [6.07, 6.45) is 13.7. The van der Waals surface area contributed by atoms with Crippen LogP contribution in [0, 0.1) is 17.8 Å². The molecule has 2 aromatic rings. The number of aryl methyl sites for hydroxylation is 1. The highest BCUT2D eigenvalue weighted by atomic mass is 14.7. The van der Waals surface area contributed by atoms with Crippen LogP contribution in [0.15, 0.2) is 42.5 Å². The van der Waals surface area contributed by atoms with Crippen molar-refractivity contribution >= 4 is 0 Å². The number of nitrogens with zero attached hydrogens (tertiary/aromatic N) is 1. The Kier molecular flexibility index (Phi) is 4.56. The first-order valence-corrected chi connectivity index (χ1v) is 10.9. The number of rotatable bonds is 4. The van der Waals surface area contributed by atoms with E-state index in [1.165, 1.54) is 69.2 Å². The van der Waals surface area contributed by atoms with E-state index < -0.39 is 0 Å². The number of aromatic nitrogens is 1. The summed E-state index contributed by atoms with van der Waals surface area (Å²) in [5.74, 6) is 3.60. The summed E-state index contributed by atoms with van der Waals surface area (Å²) in [6.45, 7) is 0. The molecule has 5 rings (SSSR count). The standard InChI is InChI=1S/C25H31N/c1-3-10-24-18(6-1)12-14-20(24)16-22-8-5-9-23(26-22)17-21-15-13-19-7-2-4-11-25(19)21/h1,3,5-6,8-10,19-21,25H,2,4,7,11-17H2. The van der Waals surface area contributed by atoms with Crippen molar-refractivity contribution in [3.63, 3.8) is 0 Å². The number of pyridine rings is 1. The SMILES string of the molecule is c1cc(CC2CCc3ccccc32)nc(CC2CCC3CCCCC32)c1. The van der Waals surface area contributed by atoms with Crippen molar-refractivity contribution in [1.29, 1.82) is 0 Å². The van der Waals surface area contributed by atoms with E-state index in [9.17, 15) is 0 Å². The fraction of sp³-hybridized carbons (Fsp3) is 0.560. The van der Waals surface area contributed by atoms with Crippen molar-refractivity contribution < 1.29 is 0 Å². The first kappa shape index (κ1) is 16.5. The average molecular weight is 346 g/mol.